The molecule has 1 aliphatic rings. The molecule has 88 valence electrons. The first-order valence-corrected chi connectivity index (χ1v) is 6.27. The number of phenols is 1. The van der Waals surface area contributed by atoms with Crippen LogP contribution in [0.3, 0.4) is 0 Å². The van der Waals surface area contributed by atoms with E-state index in [1.807, 2.05) is 12.1 Å². The van der Waals surface area contributed by atoms with Crippen molar-refractivity contribution in [2.75, 3.05) is 13.1 Å². The first-order chi connectivity index (χ1) is 7.77. The summed E-state index contributed by atoms with van der Waals surface area (Å²) in [7, 11) is 0. The minimum absolute atomic E-state index is 0.266. The Morgan fingerprint density at radius 1 is 1.31 bits per heavy atom. The lowest BCUT2D eigenvalue weighted by Crippen LogP contribution is -2.26. The Kier molecular flexibility index (Phi) is 3.49. The van der Waals surface area contributed by atoms with Crippen molar-refractivity contribution in [2.45, 2.75) is 38.0 Å². The molecule has 1 aromatic rings. The van der Waals surface area contributed by atoms with Crippen LogP contribution in [0.2, 0.25) is 0 Å². The van der Waals surface area contributed by atoms with Gasteiger partial charge in [0, 0.05) is 0 Å². The van der Waals surface area contributed by atoms with Gasteiger partial charge < -0.3 is 10.4 Å². The molecule has 0 amide bonds. The monoisotopic (exact) mass is 219 g/mol. The number of phenolic OH excluding ortho intramolecular Hbond substituents is 1. The predicted molar refractivity (Wildman–Crippen MR) is 66.8 cm³/mol. The summed E-state index contributed by atoms with van der Waals surface area (Å²) < 4.78 is 0. The average Bonchev–Trinajstić information content (AvgIpc) is 2.55. The molecular weight excluding hydrogens is 198 g/mol. The van der Waals surface area contributed by atoms with Gasteiger partial charge in [-0.1, -0.05) is 19.1 Å². The molecule has 2 nitrogen and oxygen atoms in total. The summed E-state index contributed by atoms with van der Waals surface area (Å²) in [6.07, 6.45) is 4.77. The second-order valence-corrected chi connectivity index (χ2v) is 4.79. The predicted octanol–water partition coefficient (Wildman–Crippen LogP) is 2.81. The van der Waals surface area contributed by atoms with Gasteiger partial charge in [0.25, 0.3) is 0 Å². The highest BCUT2D eigenvalue weighted by Gasteiger charge is 2.30. The summed E-state index contributed by atoms with van der Waals surface area (Å²) in [5.74, 6) is 0.391. The lowest BCUT2D eigenvalue weighted by atomic mass is 9.72. The third kappa shape index (κ3) is 2.22. The first kappa shape index (κ1) is 11.5. The molecule has 0 aromatic heterocycles. The zero-order valence-electron chi connectivity index (χ0n) is 10.00. The SMILES string of the molecule is CCC1(c2cccc(O)c2)CCCNCC1. The number of aromatic hydroxyl groups is 1. The number of hydrogen-bond donors (Lipinski definition) is 2. The van der Waals surface area contributed by atoms with Crippen LogP contribution in [0.25, 0.3) is 0 Å². The van der Waals surface area contributed by atoms with Crippen LogP contribution in [0.1, 0.15) is 38.2 Å². The minimum Gasteiger partial charge on any atom is -0.508 e. The summed E-state index contributed by atoms with van der Waals surface area (Å²) in [5.41, 5.74) is 1.57. The molecule has 16 heavy (non-hydrogen) atoms. The highest BCUT2D eigenvalue weighted by molar-refractivity contribution is 5.33. The molecule has 2 rings (SSSR count). The van der Waals surface area contributed by atoms with Gasteiger partial charge in [0.05, 0.1) is 0 Å². The fourth-order valence-corrected chi connectivity index (χ4v) is 2.81. The number of rotatable bonds is 2. The van der Waals surface area contributed by atoms with Crippen LogP contribution in [-0.4, -0.2) is 18.2 Å². The summed E-state index contributed by atoms with van der Waals surface area (Å²) in [4.78, 5) is 0. The van der Waals surface area contributed by atoms with Gasteiger partial charge in [-0.25, -0.2) is 0 Å². The van der Waals surface area contributed by atoms with Crippen LogP contribution >= 0.6 is 0 Å². The summed E-state index contributed by atoms with van der Waals surface area (Å²) in [6, 6.07) is 7.81. The van der Waals surface area contributed by atoms with Gasteiger partial charge in [-0.15, -0.1) is 0 Å². The van der Waals surface area contributed by atoms with E-state index in [2.05, 4.69) is 18.3 Å². The van der Waals surface area contributed by atoms with Crippen molar-refractivity contribution < 1.29 is 5.11 Å². The van der Waals surface area contributed by atoms with E-state index < -0.39 is 0 Å². The molecule has 1 atom stereocenters. The van der Waals surface area contributed by atoms with Crippen molar-refractivity contribution >= 4 is 0 Å². The Morgan fingerprint density at radius 2 is 2.19 bits per heavy atom. The van der Waals surface area contributed by atoms with Crippen molar-refractivity contribution in [3.05, 3.63) is 29.8 Å². The van der Waals surface area contributed by atoms with Gasteiger partial charge >= 0.3 is 0 Å². The van der Waals surface area contributed by atoms with E-state index in [0.717, 1.165) is 19.5 Å². The van der Waals surface area contributed by atoms with Crippen LogP contribution < -0.4 is 5.32 Å². The van der Waals surface area contributed by atoms with E-state index in [1.54, 1.807) is 6.07 Å². The van der Waals surface area contributed by atoms with Gasteiger partial charge in [-0.05, 0) is 61.9 Å². The highest BCUT2D eigenvalue weighted by atomic mass is 16.3. The fraction of sp³-hybridized carbons (Fsp3) is 0.571. The zero-order valence-corrected chi connectivity index (χ0v) is 10.00. The molecule has 1 unspecified atom stereocenters. The van der Waals surface area contributed by atoms with Crippen LogP contribution in [0.5, 0.6) is 5.75 Å². The third-order valence-electron chi connectivity index (χ3n) is 3.92. The summed E-state index contributed by atoms with van der Waals surface area (Å²) in [6.45, 7) is 4.47. The largest absolute Gasteiger partial charge is 0.508 e. The molecule has 0 radical (unpaired) electrons. The molecule has 1 aromatic carbocycles. The fourth-order valence-electron chi connectivity index (χ4n) is 2.81. The van der Waals surface area contributed by atoms with Crippen LogP contribution in [0.4, 0.5) is 0 Å². The van der Waals surface area contributed by atoms with E-state index in [4.69, 9.17) is 0 Å². The molecule has 0 bridgehead atoms. The average molecular weight is 219 g/mol. The Labute approximate surface area is 97.7 Å². The highest BCUT2D eigenvalue weighted by Crippen LogP contribution is 2.38. The van der Waals surface area contributed by atoms with Crippen LogP contribution in [-0.2, 0) is 5.41 Å². The molecule has 1 aliphatic heterocycles. The van der Waals surface area contributed by atoms with E-state index in [9.17, 15) is 5.11 Å². The molecule has 0 spiro atoms. The van der Waals surface area contributed by atoms with Crippen molar-refractivity contribution in [3.63, 3.8) is 0 Å². The molecule has 0 aliphatic carbocycles. The maximum Gasteiger partial charge on any atom is 0.115 e. The molecule has 1 heterocycles. The molecular formula is C14H21NO. The van der Waals surface area contributed by atoms with Gasteiger partial charge in [-0.2, -0.15) is 0 Å². The van der Waals surface area contributed by atoms with Crippen LogP contribution in [0, 0.1) is 0 Å². The molecule has 2 heteroatoms. The van der Waals surface area contributed by atoms with E-state index in [1.165, 1.54) is 24.8 Å². The number of nitrogens with one attached hydrogen (secondary N) is 1. The number of benzene rings is 1. The topological polar surface area (TPSA) is 32.3 Å². The first-order valence-electron chi connectivity index (χ1n) is 6.27. The quantitative estimate of drug-likeness (QED) is 0.801. The normalized spacial score (nSPS) is 26.3. The van der Waals surface area contributed by atoms with E-state index >= 15 is 0 Å². The van der Waals surface area contributed by atoms with Gasteiger partial charge in [0.2, 0.25) is 0 Å². The second kappa shape index (κ2) is 4.88. The zero-order chi connectivity index (χ0) is 11.4. The lowest BCUT2D eigenvalue weighted by molar-refractivity contribution is 0.364. The Bertz CT molecular complexity index is 340. The lowest BCUT2D eigenvalue weighted by Gasteiger charge is -2.32. The van der Waals surface area contributed by atoms with Gasteiger partial charge in [-0.3, -0.25) is 0 Å². The molecule has 2 N–H and O–H groups in total. The van der Waals surface area contributed by atoms with E-state index in [0.29, 0.717) is 5.75 Å². The number of hydrogen-bond acceptors (Lipinski definition) is 2. The van der Waals surface area contributed by atoms with Crippen LogP contribution in [0.15, 0.2) is 24.3 Å². The Balaban J connectivity index is 2.31. The minimum atomic E-state index is 0.266. The summed E-state index contributed by atoms with van der Waals surface area (Å²) in [5, 5.41) is 13.1. The molecule has 0 saturated carbocycles. The second-order valence-electron chi connectivity index (χ2n) is 4.79. The maximum absolute atomic E-state index is 9.61. The molecule has 1 fully saturated rings. The summed E-state index contributed by atoms with van der Waals surface area (Å²) >= 11 is 0. The van der Waals surface area contributed by atoms with Gasteiger partial charge in [0.15, 0.2) is 0 Å². The third-order valence-corrected chi connectivity index (χ3v) is 3.92. The standard InChI is InChI=1S/C14H21NO/c1-2-14(7-4-9-15-10-8-14)12-5-3-6-13(16)11-12/h3,5-6,11,15-16H,2,4,7-10H2,1H3. The van der Waals surface area contributed by atoms with E-state index in [-0.39, 0.29) is 5.41 Å². The molecule has 1 saturated heterocycles. The van der Waals surface area contributed by atoms with Crippen molar-refractivity contribution in [1.29, 1.82) is 0 Å². The van der Waals surface area contributed by atoms with Crippen molar-refractivity contribution in [3.8, 4) is 5.75 Å². The van der Waals surface area contributed by atoms with Crippen molar-refractivity contribution in [2.24, 2.45) is 0 Å². The van der Waals surface area contributed by atoms with Crippen molar-refractivity contribution in [1.82, 2.24) is 5.32 Å². The smallest absolute Gasteiger partial charge is 0.115 e. The Hall–Kier alpha value is -1.02. The maximum atomic E-state index is 9.61. The Morgan fingerprint density at radius 3 is 2.94 bits per heavy atom. The van der Waals surface area contributed by atoms with Gasteiger partial charge in [0.1, 0.15) is 5.75 Å².